The number of imidazole rings is 1. The summed E-state index contributed by atoms with van der Waals surface area (Å²) in [6.07, 6.45) is 7.85. The largest absolute Gasteiger partial charge is 0.480 e. The van der Waals surface area contributed by atoms with E-state index in [0.717, 1.165) is 0 Å². The van der Waals surface area contributed by atoms with Gasteiger partial charge < -0.3 is 15.0 Å². The summed E-state index contributed by atoms with van der Waals surface area (Å²) in [5.41, 5.74) is 1.25. The van der Waals surface area contributed by atoms with E-state index in [1.807, 2.05) is 16.9 Å². The molecule has 0 bridgehead atoms. The van der Waals surface area contributed by atoms with Gasteiger partial charge in [0.05, 0.1) is 11.2 Å². The third kappa shape index (κ3) is 7.41. The van der Waals surface area contributed by atoms with Gasteiger partial charge in [-0.15, -0.1) is 0 Å². The van der Waals surface area contributed by atoms with Crippen LogP contribution in [-0.2, 0) is 21.4 Å². The molecule has 35 heavy (non-hydrogen) atoms. The Balaban J connectivity index is 1.83. The van der Waals surface area contributed by atoms with Crippen molar-refractivity contribution in [3.05, 3.63) is 72.8 Å². The van der Waals surface area contributed by atoms with Crippen molar-refractivity contribution in [3.8, 4) is 11.1 Å². The number of carbonyl (C=O) groups is 2. The highest BCUT2D eigenvalue weighted by Crippen LogP contribution is 2.27. The maximum atomic E-state index is 13.0. The molecule has 3 aromatic rings. The normalized spacial score (nSPS) is 12.3. The predicted octanol–water partition coefficient (Wildman–Crippen LogP) is 2.85. The number of amides is 1. The van der Waals surface area contributed by atoms with Crippen molar-refractivity contribution < 1.29 is 23.1 Å². The first-order valence-corrected chi connectivity index (χ1v) is 13.9. The highest BCUT2D eigenvalue weighted by atomic mass is 32.2. The molecule has 0 saturated heterocycles. The number of nitrogens with zero attached hydrogens (tertiary/aromatic N) is 2. The van der Waals surface area contributed by atoms with Gasteiger partial charge in [0, 0.05) is 31.0 Å². The zero-order valence-electron chi connectivity index (χ0n) is 19.3. The molecule has 0 radical (unpaired) electrons. The van der Waals surface area contributed by atoms with Gasteiger partial charge >= 0.3 is 5.97 Å². The average Bonchev–Trinajstić information content (AvgIpc) is 3.38. The molecule has 0 aliphatic heterocycles. The third-order valence-corrected chi connectivity index (χ3v) is 7.39. The highest BCUT2D eigenvalue weighted by Gasteiger charge is 2.24. The van der Waals surface area contributed by atoms with Gasteiger partial charge in [0.2, 0.25) is 10.0 Å². The summed E-state index contributed by atoms with van der Waals surface area (Å²) in [5, 5.41) is 12.0. The fourth-order valence-electron chi connectivity index (χ4n) is 3.44. The van der Waals surface area contributed by atoms with E-state index in [9.17, 15) is 23.1 Å². The van der Waals surface area contributed by atoms with Crippen LogP contribution in [0.25, 0.3) is 11.1 Å². The second-order valence-electron chi connectivity index (χ2n) is 7.77. The van der Waals surface area contributed by atoms with Crippen molar-refractivity contribution in [2.75, 3.05) is 18.6 Å². The molecule has 1 atom stereocenters. The lowest BCUT2D eigenvalue weighted by Crippen LogP contribution is -2.41. The minimum Gasteiger partial charge on any atom is -0.480 e. The number of aliphatic carboxylic acids is 1. The smallest absolute Gasteiger partial charge is 0.326 e. The molecule has 2 aromatic carbocycles. The highest BCUT2D eigenvalue weighted by molar-refractivity contribution is 7.98. The number of benzene rings is 2. The van der Waals surface area contributed by atoms with E-state index in [4.69, 9.17) is 0 Å². The number of carbonyl (C=O) groups excluding carboxylic acids is 1. The van der Waals surface area contributed by atoms with Gasteiger partial charge in [-0.1, -0.05) is 30.3 Å². The van der Waals surface area contributed by atoms with Crippen molar-refractivity contribution in [1.29, 1.82) is 0 Å². The van der Waals surface area contributed by atoms with Crippen LogP contribution >= 0.6 is 11.8 Å². The van der Waals surface area contributed by atoms with Crippen LogP contribution < -0.4 is 10.0 Å². The molecule has 0 spiro atoms. The summed E-state index contributed by atoms with van der Waals surface area (Å²) >= 11 is 1.49. The van der Waals surface area contributed by atoms with Gasteiger partial charge in [-0.05, 0) is 54.2 Å². The van der Waals surface area contributed by atoms with Crippen LogP contribution in [0.15, 0.2) is 72.1 Å². The van der Waals surface area contributed by atoms with Crippen LogP contribution in [0.5, 0.6) is 0 Å². The summed E-state index contributed by atoms with van der Waals surface area (Å²) in [6.45, 7) is 0.858. The quantitative estimate of drug-likeness (QED) is 0.298. The van der Waals surface area contributed by atoms with Gasteiger partial charge in [-0.2, -0.15) is 11.8 Å². The topological polar surface area (TPSA) is 130 Å². The summed E-state index contributed by atoms with van der Waals surface area (Å²) < 4.78 is 30.3. The number of carboxylic acids is 1. The molecule has 3 rings (SSSR count). The first-order valence-electron chi connectivity index (χ1n) is 11.0. The van der Waals surface area contributed by atoms with Crippen LogP contribution in [0.3, 0.4) is 0 Å². The van der Waals surface area contributed by atoms with Crippen LogP contribution in [0, 0.1) is 0 Å². The molecular formula is C24H28N4O5S2. The summed E-state index contributed by atoms with van der Waals surface area (Å²) in [7, 11) is -3.83. The number of aryl methyl sites for hydroxylation is 1. The van der Waals surface area contributed by atoms with Crippen molar-refractivity contribution in [2.24, 2.45) is 0 Å². The lowest BCUT2D eigenvalue weighted by atomic mass is 9.99. The van der Waals surface area contributed by atoms with E-state index in [0.29, 0.717) is 29.8 Å². The lowest BCUT2D eigenvalue weighted by Gasteiger charge is -2.17. The second kappa shape index (κ2) is 12.5. The van der Waals surface area contributed by atoms with Crippen molar-refractivity contribution >= 4 is 33.7 Å². The molecule has 3 N–H and O–H groups in total. The Morgan fingerprint density at radius 3 is 2.60 bits per heavy atom. The molecule has 11 heteroatoms. The number of thioether (sulfide) groups is 1. The number of hydrogen-bond donors (Lipinski definition) is 3. The number of nitrogens with one attached hydrogen (secondary N) is 2. The molecular weight excluding hydrogens is 488 g/mol. The number of aromatic nitrogens is 2. The first kappa shape index (κ1) is 26.5. The maximum absolute atomic E-state index is 13.0. The van der Waals surface area contributed by atoms with Gasteiger partial charge in [0.15, 0.2) is 0 Å². The van der Waals surface area contributed by atoms with Gasteiger partial charge in [-0.3, -0.25) is 4.79 Å². The molecule has 186 valence electrons. The summed E-state index contributed by atoms with van der Waals surface area (Å²) in [5.74, 6) is -1.12. The molecule has 1 unspecified atom stereocenters. The van der Waals surface area contributed by atoms with Gasteiger partial charge in [0.1, 0.15) is 6.04 Å². The van der Waals surface area contributed by atoms with Crippen molar-refractivity contribution in [1.82, 2.24) is 19.6 Å². The van der Waals surface area contributed by atoms with E-state index in [1.165, 1.54) is 30.0 Å². The molecule has 9 nitrogen and oxygen atoms in total. The first-order chi connectivity index (χ1) is 16.8. The minimum atomic E-state index is -3.83. The number of carboxylic acid groups (broad SMARTS) is 1. The Kier molecular flexibility index (Phi) is 9.47. The Morgan fingerprint density at radius 1 is 1.17 bits per heavy atom. The fraction of sp³-hybridized carbons (Fsp3) is 0.292. The molecule has 0 aliphatic carbocycles. The van der Waals surface area contributed by atoms with Crippen molar-refractivity contribution in [2.45, 2.75) is 30.3 Å². The van der Waals surface area contributed by atoms with E-state index in [-0.39, 0.29) is 23.4 Å². The third-order valence-electron chi connectivity index (χ3n) is 5.29. The van der Waals surface area contributed by atoms with Crippen LogP contribution in [0.4, 0.5) is 0 Å². The molecule has 0 fully saturated rings. The predicted molar refractivity (Wildman–Crippen MR) is 136 cm³/mol. The summed E-state index contributed by atoms with van der Waals surface area (Å²) in [6, 6.07) is 12.1. The number of sulfonamides is 1. The zero-order valence-corrected chi connectivity index (χ0v) is 20.9. The SMILES string of the molecule is CSCCC(NC(=O)c1ccc(S(=O)(=O)NCCCn2ccnc2)cc1-c1ccccc1)C(=O)O. The van der Waals surface area contributed by atoms with Gasteiger partial charge in [-0.25, -0.2) is 22.9 Å². The Morgan fingerprint density at radius 2 is 1.94 bits per heavy atom. The van der Waals surface area contributed by atoms with Crippen molar-refractivity contribution in [3.63, 3.8) is 0 Å². The summed E-state index contributed by atoms with van der Waals surface area (Å²) in [4.78, 5) is 28.6. The molecule has 0 aliphatic rings. The van der Waals surface area contributed by atoms with E-state index in [1.54, 1.807) is 43.0 Å². The second-order valence-corrected chi connectivity index (χ2v) is 10.5. The Hall–Kier alpha value is -3.15. The zero-order chi connectivity index (χ0) is 25.3. The molecule has 1 amide bonds. The number of hydrogen-bond acceptors (Lipinski definition) is 6. The number of rotatable bonds is 13. The monoisotopic (exact) mass is 516 g/mol. The Labute approximate surface area is 209 Å². The van der Waals surface area contributed by atoms with E-state index < -0.39 is 27.9 Å². The fourth-order valence-corrected chi connectivity index (χ4v) is 5.02. The van der Waals surface area contributed by atoms with E-state index in [2.05, 4.69) is 15.0 Å². The maximum Gasteiger partial charge on any atom is 0.326 e. The minimum absolute atomic E-state index is 0.0210. The Bertz CT molecular complexity index is 1230. The molecule has 0 saturated carbocycles. The van der Waals surface area contributed by atoms with E-state index >= 15 is 0 Å². The van der Waals surface area contributed by atoms with Crippen LogP contribution in [-0.4, -0.2) is 59.5 Å². The average molecular weight is 517 g/mol. The lowest BCUT2D eigenvalue weighted by molar-refractivity contribution is -0.139. The van der Waals surface area contributed by atoms with Crippen LogP contribution in [0.2, 0.25) is 0 Å². The van der Waals surface area contributed by atoms with Crippen LogP contribution in [0.1, 0.15) is 23.2 Å². The van der Waals surface area contributed by atoms with Gasteiger partial charge in [0.25, 0.3) is 5.91 Å². The molecule has 1 aromatic heterocycles. The molecule has 1 heterocycles. The standard InChI is InChI=1S/C24H28N4O5S2/c1-34-15-10-22(24(30)31)27-23(29)20-9-8-19(16-21(20)18-6-3-2-4-7-18)35(32,33)26-11-5-13-28-14-12-25-17-28/h2-4,6-9,12,14,16-17,22,26H,5,10-11,13,15H2,1H3,(H,27,29)(H,30,31).